The summed E-state index contributed by atoms with van der Waals surface area (Å²) in [5.41, 5.74) is 5.55. The molecule has 0 saturated carbocycles. The third kappa shape index (κ3) is 5.52. The smallest absolute Gasteiger partial charge is 0.269 e. The second kappa shape index (κ2) is 9.79. The van der Waals surface area contributed by atoms with Gasteiger partial charge in [-0.2, -0.15) is 20.1 Å². The summed E-state index contributed by atoms with van der Waals surface area (Å²) >= 11 is 0. The molecule has 1 aliphatic heterocycles. The summed E-state index contributed by atoms with van der Waals surface area (Å²) in [6, 6.07) is 14.0. The first-order chi connectivity index (χ1) is 15.6. The first-order valence-electron chi connectivity index (χ1n) is 10.0. The van der Waals surface area contributed by atoms with Gasteiger partial charge in [0.2, 0.25) is 17.8 Å². The molecule has 2 N–H and O–H groups in total. The van der Waals surface area contributed by atoms with Crippen LogP contribution in [0, 0.1) is 17.0 Å². The van der Waals surface area contributed by atoms with Crippen LogP contribution >= 0.6 is 0 Å². The zero-order chi connectivity index (χ0) is 22.3. The third-order valence-electron chi connectivity index (χ3n) is 4.71. The van der Waals surface area contributed by atoms with Crippen LogP contribution in [0.3, 0.4) is 0 Å². The van der Waals surface area contributed by atoms with E-state index in [-0.39, 0.29) is 11.6 Å². The second-order valence-corrected chi connectivity index (χ2v) is 7.09. The van der Waals surface area contributed by atoms with Gasteiger partial charge in [-0.3, -0.25) is 10.1 Å². The SMILES string of the molecule is Cc1ccc(Nc2nc(N/N=C\c3ccc([N+](=O)[O-])cc3)nc(N3CCOCC3)n2)cc1. The lowest BCUT2D eigenvalue weighted by atomic mass is 10.2. The molecule has 0 atom stereocenters. The molecule has 3 aromatic rings. The van der Waals surface area contributed by atoms with Crippen molar-refractivity contribution in [2.24, 2.45) is 5.10 Å². The average molecular weight is 434 g/mol. The number of aromatic nitrogens is 3. The second-order valence-electron chi connectivity index (χ2n) is 7.09. The molecule has 1 fully saturated rings. The van der Waals surface area contributed by atoms with Gasteiger partial charge in [-0.05, 0) is 36.8 Å². The van der Waals surface area contributed by atoms with Crippen molar-refractivity contribution in [2.75, 3.05) is 41.9 Å². The van der Waals surface area contributed by atoms with Crippen molar-refractivity contribution in [1.82, 2.24) is 15.0 Å². The molecule has 0 radical (unpaired) electrons. The highest BCUT2D eigenvalue weighted by molar-refractivity contribution is 5.80. The normalized spacial score (nSPS) is 13.8. The van der Waals surface area contributed by atoms with E-state index in [1.165, 1.54) is 18.3 Å². The largest absolute Gasteiger partial charge is 0.378 e. The number of nitro groups is 1. The maximum Gasteiger partial charge on any atom is 0.269 e. The number of nitrogens with one attached hydrogen (secondary N) is 2. The van der Waals surface area contributed by atoms with Gasteiger partial charge >= 0.3 is 0 Å². The van der Waals surface area contributed by atoms with Crippen molar-refractivity contribution in [3.63, 3.8) is 0 Å². The van der Waals surface area contributed by atoms with Crippen LogP contribution in [-0.4, -0.2) is 52.4 Å². The molecule has 1 saturated heterocycles. The number of rotatable bonds is 7. The van der Waals surface area contributed by atoms with E-state index < -0.39 is 4.92 Å². The number of non-ortho nitro benzene ring substituents is 1. The lowest BCUT2D eigenvalue weighted by Gasteiger charge is -2.27. The van der Waals surface area contributed by atoms with Crippen molar-refractivity contribution >= 4 is 35.4 Å². The van der Waals surface area contributed by atoms with Crippen molar-refractivity contribution in [1.29, 1.82) is 0 Å². The number of benzene rings is 2. The molecule has 4 rings (SSSR count). The Morgan fingerprint density at radius 2 is 1.72 bits per heavy atom. The molecule has 11 heteroatoms. The van der Waals surface area contributed by atoms with Gasteiger partial charge in [0.05, 0.1) is 24.4 Å². The predicted molar refractivity (Wildman–Crippen MR) is 122 cm³/mol. The van der Waals surface area contributed by atoms with Crippen molar-refractivity contribution in [3.8, 4) is 0 Å². The lowest BCUT2D eigenvalue weighted by molar-refractivity contribution is -0.384. The van der Waals surface area contributed by atoms with E-state index in [4.69, 9.17) is 4.74 Å². The summed E-state index contributed by atoms with van der Waals surface area (Å²) in [7, 11) is 0. The van der Waals surface area contributed by atoms with Crippen LogP contribution in [0.1, 0.15) is 11.1 Å². The molecular weight excluding hydrogens is 412 g/mol. The molecule has 0 spiro atoms. The molecular formula is C21H22N8O3. The first kappa shape index (κ1) is 21.1. The van der Waals surface area contributed by atoms with Gasteiger partial charge in [0.1, 0.15) is 0 Å². The fourth-order valence-electron chi connectivity index (χ4n) is 2.99. The highest BCUT2D eigenvalue weighted by Crippen LogP contribution is 2.19. The van der Waals surface area contributed by atoms with Gasteiger partial charge in [0.15, 0.2) is 0 Å². The van der Waals surface area contributed by atoms with Crippen LogP contribution in [0.5, 0.6) is 0 Å². The minimum Gasteiger partial charge on any atom is -0.378 e. The maximum atomic E-state index is 10.8. The van der Waals surface area contributed by atoms with E-state index in [0.717, 1.165) is 11.3 Å². The molecule has 11 nitrogen and oxygen atoms in total. The van der Waals surface area contributed by atoms with Crippen LogP contribution in [-0.2, 0) is 4.74 Å². The van der Waals surface area contributed by atoms with Crippen LogP contribution < -0.4 is 15.6 Å². The standard InChI is InChI=1S/C21H22N8O3/c1-15-2-6-17(7-3-15)23-19-24-20(26-21(25-19)28-10-12-32-13-11-28)27-22-14-16-4-8-18(9-5-16)29(30)31/h2-9,14H,10-13H2,1H3,(H2,23,24,25,26,27)/b22-14-. The lowest BCUT2D eigenvalue weighted by Crippen LogP contribution is -2.37. The first-order valence-corrected chi connectivity index (χ1v) is 10.0. The Morgan fingerprint density at radius 1 is 1.03 bits per heavy atom. The minimum atomic E-state index is -0.445. The van der Waals surface area contributed by atoms with Crippen LogP contribution in [0.4, 0.5) is 29.2 Å². The van der Waals surface area contributed by atoms with Gasteiger partial charge in [-0.1, -0.05) is 17.7 Å². The maximum absolute atomic E-state index is 10.8. The molecule has 32 heavy (non-hydrogen) atoms. The number of morpholine rings is 1. The summed E-state index contributed by atoms with van der Waals surface area (Å²) in [5, 5.41) is 18.1. The molecule has 0 bridgehead atoms. The van der Waals surface area contributed by atoms with Crippen molar-refractivity contribution < 1.29 is 9.66 Å². The van der Waals surface area contributed by atoms with E-state index in [9.17, 15) is 10.1 Å². The quantitative estimate of drug-likeness (QED) is 0.327. The van der Waals surface area contributed by atoms with E-state index in [1.54, 1.807) is 12.1 Å². The molecule has 1 aliphatic rings. The van der Waals surface area contributed by atoms with Gasteiger partial charge in [0.25, 0.3) is 5.69 Å². The van der Waals surface area contributed by atoms with Gasteiger partial charge in [-0.15, -0.1) is 0 Å². The zero-order valence-corrected chi connectivity index (χ0v) is 17.4. The Labute approximate surface area is 184 Å². The monoisotopic (exact) mass is 434 g/mol. The number of anilines is 4. The molecule has 0 aliphatic carbocycles. The van der Waals surface area contributed by atoms with Crippen LogP contribution in [0.25, 0.3) is 0 Å². The Hall–Kier alpha value is -4.12. The highest BCUT2D eigenvalue weighted by atomic mass is 16.6. The Kier molecular flexibility index (Phi) is 6.46. The molecule has 2 aromatic carbocycles. The number of ether oxygens (including phenoxy) is 1. The fourth-order valence-corrected chi connectivity index (χ4v) is 2.99. The topological polar surface area (TPSA) is 131 Å². The van der Waals surface area contributed by atoms with Crippen LogP contribution in [0.15, 0.2) is 53.6 Å². The molecule has 2 heterocycles. The Morgan fingerprint density at radius 3 is 2.41 bits per heavy atom. The van der Waals surface area contributed by atoms with E-state index >= 15 is 0 Å². The number of nitrogens with zero attached hydrogens (tertiary/aromatic N) is 6. The zero-order valence-electron chi connectivity index (χ0n) is 17.4. The summed E-state index contributed by atoms with van der Waals surface area (Å²) < 4.78 is 5.42. The molecule has 1 aromatic heterocycles. The summed E-state index contributed by atoms with van der Waals surface area (Å²) in [4.78, 5) is 25.8. The van der Waals surface area contributed by atoms with Gasteiger partial charge in [0, 0.05) is 30.9 Å². The summed E-state index contributed by atoms with van der Waals surface area (Å²) in [6.07, 6.45) is 1.54. The highest BCUT2D eigenvalue weighted by Gasteiger charge is 2.16. The summed E-state index contributed by atoms with van der Waals surface area (Å²) in [5.74, 6) is 1.18. The van der Waals surface area contributed by atoms with E-state index in [0.29, 0.717) is 43.8 Å². The number of nitro benzene ring substituents is 1. The number of hydrogen-bond acceptors (Lipinski definition) is 10. The average Bonchev–Trinajstić information content (AvgIpc) is 2.81. The van der Waals surface area contributed by atoms with Crippen molar-refractivity contribution in [2.45, 2.75) is 6.92 Å². The number of aryl methyl sites for hydroxylation is 1. The predicted octanol–water partition coefficient (Wildman–Crippen LogP) is 3.11. The van der Waals surface area contributed by atoms with E-state index in [2.05, 4.69) is 30.8 Å². The fraction of sp³-hybridized carbons (Fsp3) is 0.238. The number of hydrogen-bond donors (Lipinski definition) is 2. The molecule has 0 unspecified atom stereocenters. The summed E-state index contributed by atoms with van der Waals surface area (Å²) in [6.45, 7) is 4.59. The number of hydrazone groups is 1. The Bertz CT molecular complexity index is 1100. The van der Waals surface area contributed by atoms with Crippen molar-refractivity contribution in [3.05, 3.63) is 69.8 Å². The Balaban J connectivity index is 1.53. The molecule has 164 valence electrons. The third-order valence-corrected chi connectivity index (χ3v) is 4.71. The van der Waals surface area contributed by atoms with Crippen LogP contribution in [0.2, 0.25) is 0 Å². The van der Waals surface area contributed by atoms with E-state index in [1.807, 2.05) is 36.1 Å². The van der Waals surface area contributed by atoms with Gasteiger partial charge < -0.3 is 15.0 Å². The minimum absolute atomic E-state index is 0.0227. The van der Waals surface area contributed by atoms with Gasteiger partial charge in [-0.25, -0.2) is 5.43 Å². The molecule has 0 amide bonds.